The summed E-state index contributed by atoms with van der Waals surface area (Å²) >= 11 is 0. The number of ether oxygens (including phenoxy) is 3. The van der Waals surface area contributed by atoms with E-state index >= 15 is 0 Å². The molecule has 0 radical (unpaired) electrons. The van der Waals surface area contributed by atoms with Crippen molar-refractivity contribution in [1.82, 2.24) is 0 Å². The molecule has 1 saturated heterocycles. The summed E-state index contributed by atoms with van der Waals surface area (Å²) in [7, 11) is 3.00. The first-order chi connectivity index (χ1) is 6.65. The molecule has 1 rings (SSSR count). The molecule has 2 N–H and O–H groups in total. The highest BCUT2D eigenvalue weighted by molar-refractivity contribution is 4.87. The summed E-state index contributed by atoms with van der Waals surface area (Å²) in [6, 6.07) is 0. The molecule has 1 fully saturated rings. The van der Waals surface area contributed by atoms with Crippen molar-refractivity contribution < 1.29 is 24.4 Å². The van der Waals surface area contributed by atoms with Crippen LogP contribution in [0.15, 0.2) is 0 Å². The second-order valence-electron chi connectivity index (χ2n) is 3.51. The van der Waals surface area contributed by atoms with Gasteiger partial charge >= 0.3 is 0 Å². The van der Waals surface area contributed by atoms with Crippen LogP contribution in [0.1, 0.15) is 6.92 Å². The molecule has 84 valence electrons. The largest absolute Gasteiger partial charge is 0.394 e. The first kappa shape index (κ1) is 11.9. The molecular formula is C9H18O5. The van der Waals surface area contributed by atoms with Gasteiger partial charge in [-0.1, -0.05) is 6.92 Å². The van der Waals surface area contributed by atoms with Crippen LogP contribution < -0.4 is 0 Å². The molecule has 0 aromatic heterocycles. The molecule has 0 aromatic rings. The zero-order chi connectivity index (χ0) is 10.7. The summed E-state index contributed by atoms with van der Waals surface area (Å²) < 4.78 is 15.5. The van der Waals surface area contributed by atoms with E-state index in [0.717, 1.165) is 0 Å². The molecule has 14 heavy (non-hydrogen) atoms. The Morgan fingerprint density at radius 2 is 1.93 bits per heavy atom. The Bertz CT molecular complexity index is 173. The Morgan fingerprint density at radius 1 is 1.29 bits per heavy atom. The van der Waals surface area contributed by atoms with Crippen LogP contribution in [-0.2, 0) is 14.2 Å². The predicted octanol–water partition coefficient (Wildman–Crippen LogP) is -0.638. The summed E-state index contributed by atoms with van der Waals surface area (Å²) in [5.74, 6) is -0.173. The van der Waals surface area contributed by atoms with Gasteiger partial charge in [0.05, 0.1) is 12.7 Å². The lowest BCUT2D eigenvalue weighted by atomic mass is 9.92. The average Bonchev–Trinajstić information content (AvgIpc) is 2.21. The van der Waals surface area contributed by atoms with Gasteiger partial charge in [-0.2, -0.15) is 0 Å². The van der Waals surface area contributed by atoms with E-state index in [4.69, 9.17) is 19.3 Å². The van der Waals surface area contributed by atoms with Gasteiger partial charge in [0.25, 0.3) is 0 Å². The van der Waals surface area contributed by atoms with Crippen LogP contribution in [0, 0.1) is 5.92 Å². The third-order valence-electron chi connectivity index (χ3n) is 2.66. The van der Waals surface area contributed by atoms with Gasteiger partial charge in [-0.15, -0.1) is 0 Å². The molecule has 0 spiro atoms. The monoisotopic (exact) mass is 206 g/mol. The van der Waals surface area contributed by atoms with Crippen LogP contribution in [0.5, 0.6) is 0 Å². The highest BCUT2D eigenvalue weighted by Gasteiger charge is 2.43. The van der Waals surface area contributed by atoms with Crippen molar-refractivity contribution in [3.05, 3.63) is 0 Å². The minimum Gasteiger partial charge on any atom is -0.394 e. The van der Waals surface area contributed by atoms with Gasteiger partial charge in [0.15, 0.2) is 6.29 Å². The van der Waals surface area contributed by atoms with Gasteiger partial charge in [-0.05, 0) is 0 Å². The van der Waals surface area contributed by atoms with Crippen LogP contribution in [0.25, 0.3) is 0 Å². The molecule has 0 aliphatic carbocycles. The highest BCUT2D eigenvalue weighted by Crippen LogP contribution is 2.27. The fourth-order valence-corrected chi connectivity index (χ4v) is 1.76. The van der Waals surface area contributed by atoms with Crippen LogP contribution >= 0.6 is 0 Å². The molecule has 2 unspecified atom stereocenters. The van der Waals surface area contributed by atoms with E-state index in [-0.39, 0.29) is 12.5 Å². The van der Waals surface area contributed by atoms with E-state index in [2.05, 4.69) is 0 Å². The van der Waals surface area contributed by atoms with Gasteiger partial charge in [-0.25, -0.2) is 0 Å². The lowest BCUT2D eigenvalue weighted by molar-refractivity contribution is -0.279. The second-order valence-corrected chi connectivity index (χ2v) is 3.51. The number of hydrogen-bond donors (Lipinski definition) is 2. The molecule has 1 aliphatic rings. The molecule has 5 atom stereocenters. The first-order valence-electron chi connectivity index (χ1n) is 4.65. The molecule has 5 heteroatoms. The average molecular weight is 206 g/mol. The van der Waals surface area contributed by atoms with Gasteiger partial charge < -0.3 is 24.4 Å². The van der Waals surface area contributed by atoms with E-state index in [1.165, 1.54) is 14.2 Å². The maximum absolute atomic E-state index is 9.84. The second kappa shape index (κ2) is 5.04. The fraction of sp³-hybridized carbons (Fsp3) is 1.00. The fourth-order valence-electron chi connectivity index (χ4n) is 1.76. The first-order valence-corrected chi connectivity index (χ1v) is 4.65. The Labute approximate surface area is 83.6 Å². The van der Waals surface area contributed by atoms with Gasteiger partial charge in [-0.3, -0.25) is 0 Å². The Hall–Kier alpha value is -0.200. The summed E-state index contributed by atoms with van der Waals surface area (Å²) in [5, 5.41) is 18.9. The van der Waals surface area contributed by atoms with Crippen molar-refractivity contribution in [1.29, 1.82) is 0 Å². The summed E-state index contributed by atoms with van der Waals surface area (Å²) in [5.41, 5.74) is 0. The lowest BCUT2D eigenvalue weighted by Gasteiger charge is -2.41. The molecule has 1 aliphatic heterocycles. The predicted molar refractivity (Wildman–Crippen MR) is 48.7 cm³/mol. The van der Waals surface area contributed by atoms with E-state index in [9.17, 15) is 5.11 Å². The summed E-state index contributed by atoms with van der Waals surface area (Å²) in [6.45, 7) is 1.63. The minimum absolute atomic E-state index is 0.173. The Balaban J connectivity index is 2.71. The number of aliphatic hydroxyl groups excluding tert-OH is 2. The van der Waals surface area contributed by atoms with Crippen molar-refractivity contribution in [2.45, 2.75) is 31.5 Å². The van der Waals surface area contributed by atoms with Crippen molar-refractivity contribution in [3.8, 4) is 0 Å². The topological polar surface area (TPSA) is 68.2 Å². The number of rotatable bonds is 3. The Morgan fingerprint density at radius 3 is 2.36 bits per heavy atom. The van der Waals surface area contributed by atoms with Crippen LogP contribution in [-0.4, -0.2) is 55.6 Å². The van der Waals surface area contributed by atoms with E-state index in [0.29, 0.717) is 0 Å². The van der Waals surface area contributed by atoms with Crippen molar-refractivity contribution in [2.24, 2.45) is 5.92 Å². The molecular weight excluding hydrogens is 188 g/mol. The zero-order valence-corrected chi connectivity index (χ0v) is 8.71. The SMILES string of the molecule is COC1OC(CO)[C@@H](OC)[C@@H](O)[C@@H]1C. The number of methoxy groups -OCH3 is 2. The highest BCUT2D eigenvalue weighted by atomic mass is 16.7. The standard InChI is InChI=1S/C9H18O5/c1-5-7(11)8(12-2)6(4-10)14-9(5)13-3/h5-11H,4H2,1-3H3/t5-,6?,7-,8+,9?/m0/s1. The summed E-state index contributed by atoms with van der Waals surface area (Å²) in [4.78, 5) is 0. The van der Waals surface area contributed by atoms with Crippen LogP contribution in [0.2, 0.25) is 0 Å². The van der Waals surface area contributed by atoms with E-state index in [1.807, 2.05) is 6.92 Å². The molecule has 1 heterocycles. The molecule has 0 bridgehead atoms. The maximum atomic E-state index is 9.84. The molecule has 5 nitrogen and oxygen atoms in total. The van der Waals surface area contributed by atoms with E-state index in [1.54, 1.807) is 0 Å². The molecule has 0 saturated carbocycles. The third kappa shape index (κ3) is 2.07. The minimum atomic E-state index is -0.684. The van der Waals surface area contributed by atoms with Gasteiger partial charge in [0.1, 0.15) is 12.2 Å². The Kier molecular flexibility index (Phi) is 4.28. The van der Waals surface area contributed by atoms with Crippen molar-refractivity contribution >= 4 is 0 Å². The third-order valence-corrected chi connectivity index (χ3v) is 2.66. The number of hydrogen-bond acceptors (Lipinski definition) is 5. The quantitative estimate of drug-likeness (QED) is 0.643. The normalized spacial score (nSPS) is 43.9. The smallest absolute Gasteiger partial charge is 0.162 e. The lowest BCUT2D eigenvalue weighted by Crippen LogP contribution is -2.55. The summed E-state index contributed by atoms with van der Waals surface area (Å²) in [6.07, 6.45) is -2.21. The van der Waals surface area contributed by atoms with Crippen molar-refractivity contribution in [3.63, 3.8) is 0 Å². The van der Waals surface area contributed by atoms with Gasteiger partial charge in [0.2, 0.25) is 0 Å². The number of aliphatic hydroxyl groups is 2. The van der Waals surface area contributed by atoms with Crippen molar-refractivity contribution in [2.75, 3.05) is 20.8 Å². The van der Waals surface area contributed by atoms with Crippen LogP contribution in [0.4, 0.5) is 0 Å². The maximum Gasteiger partial charge on any atom is 0.162 e. The van der Waals surface area contributed by atoms with Crippen LogP contribution in [0.3, 0.4) is 0 Å². The molecule has 0 amide bonds. The molecule has 0 aromatic carbocycles. The van der Waals surface area contributed by atoms with Gasteiger partial charge in [0, 0.05) is 20.1 Å². The zero-order valence-electron chi connectivity index (χ0n) is 8.71. The van der Waals surface area contributed by atoms with E-state index < -0.39 is 24.6 Å².